The SMILES string of the molecule is Cc1nc(CNC(=O)NCCCOC(C)C)sc1C. The summed E-state index contributed by atoms with van der Waals surface area (Å²) in [5.74, 6) is 0. The predicted octanol–water partition coefficient (Wildman–Crippen LogP) is 2.37. The molecule has 0 aliphatic rings. The number of thiazole rings is 1. The molecular weight excluding hydrogens is 262 g/mol. The van der Waals surface area contributed by atoms with Crippen molar-refractivity contribution < 1.29 is 9.53 Å². The maximum Gasteiger partial charge on any atom is 0.315 e. The molecule has 1 aromatic rings. The van der Waals surface area contributed by atoms with Crippen molar-refractivity contribution in [1.82, 2.24) is 15.6 Å². The molecule has 0 aromatic carbocycles. The minimum absolute atomic E-state index is 0.157. The van der Waals surface area contributed by atoms with E-state index in [1.807, 2.05) is 27.7 Å². The van der Waals surface area contributed by atoms with Crippen LogP contribution in [0.4, 0.5) is 4.79 Å². The lowest BCUT2D eigenvalue weighted by Gasteiger charge is -2.08. The molecule has 0 unspecified atom stereocenters. The van der Waals surface area contributed by atoms with Crippen molar-refractivity contribution in [3.8, 4) is 0 Å². The summed E-state index contributed by atoms with van der Waals surface area (Å²) in [4.78, 5) is 17.1. The van der Waals surface area contributed by atoms with Gasteiger partial charge < -0.3 is 15.4 Å². The van der Waals surface area contributed by atoms with Crippen molar-refractivity contribution >= 4 is 17.4 Å². The van der Waals surface area contributed by atoms with Crippen LogP contribution in [0.5, 0.6) is 0 Å². The Morgan fingerprint density at radius 2 is 2.11 bits per heavy atom. The standard InChI is InChI=1S/C13H23N3O2S/c1-9(2)18-7-5-6-14-13(17)15-8-12-16-10(3)11(4)19-12/h9H,5-8H2,1-4H3,(H2,14,15,17). The molecule has 0 bridgehead atoms. The first-order chi connectivity index (χ1) is 8.99. The quantitative estimate of drug-likeness (QED) is 0.756. The fourth-order valence-electron chi connectivity index (χ4n) is 1.43. The van der Waals surface area contributed by atoms with E-state index in [0.29, 0.717) is 19.7 Å². The van der Waals surface area contributed by atoms with Crippen LogP contribution in [0.15, 0.2) is 0 Å². The molecular formula is C13H23N3O2S. The number of nitrogens with one attached hydrogen (secondary N) is 2. The average Bonchev–Trinajstić information content (AvgIpc) is 2.65. The molecule has 0 aliphatic carbocycles. The van der Waals surface area contributed by atoms with E-state index in [0.717, 1.165) is 17.1 Å². The highest BCUT2D eigenvalue weighted by Gasteiger charge is 2.05. The monoisotopic (exact) mass is 285 g/mol. The Kier molecular flexibility index (Phi) is 6.80. The number of nitrogens with zero attached hydrogens (tertiary/aromatic N) is 1. The summed E-state index contributed by atoms with van der Waals surface area (Å²) in [5, 5.41) is 6.53. The van der Waals surface area contributed by atoms with Crippen LogP contribution in [-0.2, 0) is 11.3 Å². The lowest BCUT2D eigenvalue weighted by Crippen LogP contribution is -2.35. The zero-order valence-corrected chi connectivity index (χ0v) is 12.9. The zero-order chi connectivity index (χ0) is 14.3. The van der Waals surface area contributed by atoms with Gasteiger partial charge in [0.1, 0.15) is 5.01 Å². The van der Waals surface area contributed by atoms with Gasteiger partial charge in [-0.2, -0.15) is 0 Å². The molecule has 1 heterocycles. The highest BCUT2D eigenvalue weighted by atomic mass is 32.1. The van der Waals surface area contributed by atoms with E-state index in [1.165, 1.54) is 4.88 Å². The topological polar surface area (TPSA) is 63.2 Å². The van der Waals surface area contributed by atoms with Crippen LogP contribution in [0.2, 0.25) is 0 Å². The second-order valence-electron chi connectivity index (χ2n) is 4.63. The first kappa shape index (κ1) is 15.9. The number of urea groups is 1. The van der Waals surface area contributed by atoms with Gasteiger partial charge in [-0.1, -0.05) is 0 Å². The van der Waals surface area contributed by atoms with E-state index in [9.17, 15) is 4.79 Å². The van der Waals surface area contributed by atoms with Crippen molar-refractivity contribution in [2.45, 2.75) is 46.8 Å². The highest BCUT2D eigenvalue weighted by Crippen LogP contribution is 2.15. The summed E-state index contributed by atoms with van der Waals surface area (Å²) < 4.78 is 5.39. The Morgan fingerprint density at radius 1 is 1.37 bits per heavy atom. The van der Waals surface area contributed by atoms with Crippen molar-refractivity contribution in [2.75, 3.05) is 13.2 Å². The summed E-state index contributed by atoms with van der Waals surface area (Å²) in [6, 6.07) is -0.157. The number of carbonyl (C=O) groups is 1. The number of hydrogen-bond acceptors (Lipinski definition) is 4. The summed E-state index contributed by atoms with van der Waals surface area (Å²) >= 11 is 1.62. The van der Waals surface area contributed by atoms with Gasteiger partial charge >= 0.3 is 6.03 Å². The van der Waals surface area contributed by atoms with E-state index in [4.69, 9.17) is 4.74 Å². The van der Waals surface area contributed by atoms with Gasteiger partial charge in [0, 0.05) is 18.0 Å². The van der Waals surface area contributed by atoms with Crippen LogP contribution in [0.1, 0.15) is 35.8 Å². The summed E-state index contributed by atoms with van der Waals surface area (Å²) in [6.45, 7) is 9.77. The van der Waals surface area contributed by atoms with Crippen molar-refractivity contribution in [3.63, 3.8) is 0 Å². The molecule has 0 fully saturated rings. The van der Waals surface area contributed by atoms with Gasteiger partial charge in [-0.15, -0.1) is 11.3 Å². The molecule has 0 atom stereocenters. The fraction of sp³-hybridized carbons (Fsp3) is 0.692. The Hall–Kier alpha value is -1.14. The minimum Gasteiger partial charge on any atom is -0.379 e. The van der Waals surface area contributed by atoms with Crippen LogP contribution in [-0.4, -0.2) is 30.3 Å². The van der Waals surface area contributed by atoms with Crippen molar-refractivity contribution in [1.29, 1.82) is 0 Å². The number of carbonyl (C=O) groups excluding carboxylic acids is 1. The second kappa shape index (κ2) is 8.12. The molecule has 2 amide bonds. The van der Waals surface area contributed by atoms with Crippen LogP contribution < -0.4 is 10.6 Å². The molecule has 0 saturated carbocycles. The first-order valence-corrected chi connectivity index (χ1v) is 7.37. The molecule has 0 aliphatic heterocycles. The van der Waals surface area contributed by atoms with E-state index in [1.54, 1.807) is 11.3 Å². The smallest absolute Gasteiger partial charge is 0.315 e. The second-order valence-corrected chi connectivity index (χ2v) is 5.92. The summed E-state index contributed by atoms with van der Waals surface area (Å²) in [5.41, 5.74) is 1.04. The molecule has 108 valence electrons. The number of ether oxygens (including phenoxy) is 1. The molecule has 19 heavy (non-hydrogen) atoms. The Bertz CT molecular complexity index is 385. The zero-order valence-electron chi connectivity index (χ0n) is 12.1. The fourth-order valence-corrected chi connectivity index (χ4v) is 2.30. The van der Waals surface area contributed by atoms with Gasteiger partial charge in [0.15, 0.2) is 0 Å². The molecule has 0 radical (unpaired) electrons. The molecule has 5 nitrogen and oxygen atoms in total. The van der Waals surface area contributed by atoms with Gasteiger partial charge in [-0.3, -0.25) is 0 Å². The van der Waals surface area contributed by atoms with Gasteiger partial charge in [0.05, 0.1) is 18.3 Å². The minimum atomic E-state index is -0.157. The largest absolute Gasteiger partial charge is 0.379 e. The third-order valence-corrected chi connectivity index (χ3v) is 3.60. The van der Waals surface area contributed by atoms with E-state index < -0.39 is 0 Å². The number of rotatable bonds is 7. The lowest BCUT2D eigenvalue weighted by molar-refractivity contribution is 0.0774. The Morgan fingerprint density at radius 3 is 2.68 bits per heavy atom. The molecule has 1 aromatic heterocycles. The normalized spacial score (nSPS) is 10.8. The Labute approximate surface area is 118 Å². The molecule has 0 saturated heterocycles. The van der Waals surface area contributed by atoms with Gasteiger partial charge in [0.25, 0.3) is 0 Å². The number of amides is 2. The highest BCUT2D eigenvalue weighted by molar-refractivity contribution is 7.11. The lowest BCUT2D eigenvalue weighted by atomic mass is 10.4. The number of aryl methyl sites for hydroxylation is 2. The van der Waals surface area contributed by atoms with Gasteiger partial charge in [0.2, 0.25) is 0 Å². The number of aromatic nitrogens is 1. The molecule has 1 rings (SSSR count). The first-order valence-electron chi connectivity index (χ1n) is 6.55. The van der Waals surface area contributed by atoms with Crippen molar-refractivity contribution in [2.24, 2.45) is 0 Å². The van der Waals surface area contributed by atoms with E-state index in [-0.39, 0.29) is 12.1 Å². The maximum absolute atomic E-state index is 11.5. The molecule has 6 heteroatoms. The van der Waals surface area contributed by atoms with Gasteiger partial charge in [-0.05, 0) is 34.1 Å². The van der Waals surface area contributed by atoms with E-state index >= 15 is 0 Å². The number of hydrogen-bond donors (Lipinski definition) is 2. The average molecular weight is 285 g/mol. The van der Waals surface area contributed by atoms with Crippen molar-refractivity contribution in [3.05, 3.63) is 15.6 Å². The van der Waals surface area contributed by atoms with Crippen LogP contribution >= 0.6 is 11.3 Å². The maximum atomic E-state index is 11.5. The molecule has 2 N–H and O–H groups in total. The predicted molar refractivity (Wildman–Crippen MR) is 77.5 cm³/mol. The van der Waals surface area contributed by atoms with Crippen LogP contribution in [0.25, 0.3) is 0 Å². The summed E-state index contributed by atoms with van der Waals surface area (Å²) in [6.07, 6.45) is 1.06. The third kappa shape index (κ3) is 6.54. The third-order valence-electron chi connectivity index (χ3n) is 2.53. The van der Waals surface area contributed by atoms with Gasteiger partial charge in [-0.25, -0.2) is 9.78 Å². The van der Waals surface area contributed by atoms with Crippen LogP contribution in [0, 0.1) is 13.8 Å². The van der Waals surface area contributed by atoms with E-state index in [2.05, 4.69) is 15.6 Å². The van der Waals surface area contributed by atoms with Crippen LogP contribution in [0.3, 0.4) is 0 Å². The summed E-state index contributed by atoms with van der Waals surface area (Å²) in [7, 11) is 0. The Balaban J connectivity index is 2.11. The molecule has 0 spiro atoms.